The molecule has 1 aromatic heterocycles. The van der Waals surface area contributed by atoms with Crippen molar-refractivity contribution in [3.05, 3.63) is 66.2 Å². The smallest absolute Gasteiger partial charge is 0.291 e. The van der Waals surface area contributed by atoms with Gasteiger partial charge in [0.1, 0.15) is 22.2 Å². The van der Waals surface area contributed by atoms with Crippen LogP contribution in [0.2, 0.25) is 0 Å². The standard InChI is InChI=1S/C23H25FN2O5S/c1-4-26(5-2)32(28,29)22-15-18(11-12-20(22)30-6-3)25-23(27)21-14-13-19(31-21)16-7-9-17(24)10-8-16/h7-15H,4-6H2,1-3H3,(H,25,27). The molecule has 7 nitrogen and oxygen atoms in total. The van der Waals surface area contributed by atoms with Crippen molar-refractivity contribution in [2.45, 2.75) is 25.7 Å². The topological polar surface area (TPSA) is 88.8 Å². The van der Waals surface area contributed by atoms with E-state index in [2.05, 4.69) is 5.32 Å². The van der Waals surface area contributed by atoms with E-state index < -0.39 is 15.9 Å². The molecule has 0 saturated carbocycles. The number of hydrogen-bond donors (Lipinski definition) is 1. The van der Waals surface area contributed by atoms with Crippen molar-refractivity contribution in [1.29, 1.82) is 0 Å². The van der Waals surface area contributed by atoms with Gasteiger partial charge in [-0.15, -0.1) is 0 Å². The second kappa shape index (κ2) is 9.97. The van der Waals surface area contributed by atoms with Crippen LogP contribution in [0.1, 0.15) is 31.3 Å². The zero-order valence-electron chi connectivity index (χ0n) is 18.1. The van der Waals surface area contributed by atoms with Crippen LogP contribution in [0.15, 0.2) is 63.9 Å². The molecule has 1 N–H and O–H groups in total. The molecule has 9 heteroatoms. The maximum absolute atomic E-state index is 13.1. The van der Waals surface area contributed by atoms with Gasteiger partial charge in [-0.3, -0.25) is 4.79 Å². The minimum Gasteiger partial charge on any atom is -0.492 e. The summed E-state index contributed by atoms with van der Waals surface area (Å²) in [6, 6.07) is 13.3. The quantitative estimate of drug-likeness (QED) is 0.497. The van der Waals surface area contributed by atoms with Gasteiger partial charge >= 0.3 is 0 Å². The lowest BCUT2D eigenvalue weighted by Gasteiger charge is -2.21. The Morgan fingerprint density at radius 1 is 1.03 bits per heavy atom. The zero-order chi connectivity index (χ0) is 23.3. The molecule has 0 radical (unpaired) electrons. The summed E-state index contributed by atoms with van der Waals surface area (Å²) in [6.45, 7) is 6.18. The van der Waals surface area contributed by atoms with Crippen LogP contribution in [0, 0.1) is 5.82 Å². The van der Waals surface area contributed by atoms with Crippen LogP contribution < -0.4 is 10.1 Å². The fourth-order valence-electron chi connectivity index (χ4n) is 3.19. The number of anilines is 1. The van der Waals surface area contributed by atoms with E-state index in [4.69, 9.17) is 9.15 Å². The van der Waals surface area contributed by atoms with E-state index in [1.807, 2.05) is 0 Å². The molecule has 3 rings (SSSR count). The summed E-state index contributed by atoms with van der Waals surface area (Å²) in [5, 5.41) is 2.66. The monoisotopic (exact) mass is 460 g/mol. The molecule has 0 fully saturated rings. The normalized spacial score (nSPS) is 11.5. The number of carbonyl (C=O) groups is 1. The number of furan rings is 1. The summed E-state index contributed by atoms with van der Waals surface area (Å²) in [5.41, 5.74) is 0.906. The number of benzene rings is 2. The summed E-state index contributed by atoms with van der Waals surface area (Å²) in [7, 11) is -3.81. The third kappa shape index (κ3) is 5.00. The van der Waals surface area contributed by atoms with E-state index in [-0.39, 0.29) is 27.9 Å². The van der Waals surface area contributed by atoms with Crippen LogP contribution in [-0.2, 0) is 10.0 Å². The molecule has 3 aromatic rings. The molecule has 0 atom stereocenters. The number of carbonyl (C=O) groups excluding carboxylic acids is 1. The van der Waals surface area contributed by atoms with Crippen molar-refractivity contribution in [2.75, 3.05) is 25.0 Å². The van der Waals surface area contributed by atoms with Gasteiger partial charge in [0, 0.05) is 24.3 Å². The largest absolute Gasteiger partial charge is 0.492 e. The Kier molecular flexibility index (Phi) is 7.32. The van der Waals surface area contributed by atoms with Crippen molar-refractivity contribution in [3.8, 4) is 17.1 Å². The second-order valence-electron chi connectivity index (χ2n) is 6.81. The SMILES string of the molecule is CCOc1ccc(NC(=O)c2ccc(-c3ccc(F)cc3)o2)cc1S(=O)(=O)N(CC)CC. The number of rotatable bonds is 9. The van der Waals surface area contributed by atoms with Gasteiger partial charge in [0.25, 0.3) is 5.91 Å². The third-order valence-electron chi connectivity index (χ3n) is 4.78. The average molecular weight is 461 g/mol. The summed E-state index contributed by atoms with van der Waals surface area (Å²) in [5.74, 6) is -0.259. The van der Waals surface area contributed by atoms with Crippen LogP contribution in [0.3, 0.4) is 0 Å². The predicted molar refractivity (Wildman–Crippen MR) is 120 cm³/mol. The number of hydrogen-bond acceptors (Lipinski definition) is 5. The number of sulfonamides is 1. The summed E-state index contributed by atoms with van der Waals surface area (Å²) in [6.07, 6.45) is 0. The highest BCUT2D eigenvalue weighted by Crippen LogP contribution is 2.30. The number of amides is 1. The van der Waals surface area contributed by atoms with Gasteiger partial charge in [-0.25, -0.2) is 12.8 Å². The molecule has 1 amide bonds. The summed E-state index contributed by atoms with van der Waals surface area (Å²) in [4.78, 5) is 12.7. The van der Waals surface area contributed by atoms with E-state index >= 15 is 0 Å². The fourth-order valence-corrected chi connectivity index (χ4v) is 4.80. The Balaban J connectivity index is 1.87. The van der Waals surface area contributed by atoms with E-state index in [0.29, 0.717) is 31.0 Å². The van der Waals surface area contributed by atoms with E-state index in [1.54, 1.807) is 45.0 Å². The Hall–Kier alpha value is -3.17. The molecule has 170 valence electrons. The van der Waals surface area contributed by atoms with Crippen molar-refractivity contribution in [3.63, 3.8) is 0 Å². The maximum Gasteiger partial charge on any atom is 0.291 e. The molecular formula is C23H25FN2O5S. The zero-order valence-corrected chi connectivity index (χ0v) is 18.9. The van der Waals surface area contributed by atoms with Crippen molar-refractivity contribution >= 4 is 21.6 Å². The van der Waals surface area contributed by atoms with Crippen molar-refractivity contribution in [1.82, 2.24) is 4.31 Å². The number of nitrogens with zero attached hydrogens (tertiary/aromatic N) is 1. The molecule has 0 aliphatic rings. The highest BCUT2D eigenvalue weighted by Gasteiger charge is 2.26. The molecule has 32 heavy (non-hydrogen) atoms. The first kappa shape index (κ1) is 23.5. The van der Waals surface area contributed by atoms with Gasteiger partial charge in [0.2, 0.25) is 10.0 Å². The van der Waals surface area contributed by atoms with Gasteiger partial charge in [-0.1, -0.05) is 13.8 Å². The molecule has 1 heterocycles. The van der Waals surface area contributed by atoms with E-state index in [9.17, 15) is 17.6 Å². The number of nitrogens with one attached hydrogen (secondary N) is 1. The van der Waals surface area contributed by atoms with Gasteiger partial charge in [-0.2, -0.15) is 4.31 Å². The van der Waals surface area contributed by atoms with E-state index in [0.717, 1.165) is 0 Å². The van der Waals surface area contributed by atoms with Gasteiger partial charge in [0.15, 0.2) is 5.76 Å². The van der Waals surface area contributed by atoms with Crippen LogP contribution >= 0.6 is 0 Å². The minimum atomic E-state index is -3.81. The second-order valence-corrected chi connectivity index (χ2v) is 8.72. The molecule has 2 aromatic carbocycles. The lowest BCUT2D eigenvalue weighted by molar-refractivity contribution is 0.0997. The fraction of sp³-hybridized carbons (Fsp3) is 0.261. The Bertz CT molecular complexity index is 1190. The van der Waals surface area contributed by atoms with Crippen molar-refractivity contribution < 1.29 is 26.8 Å². The van der Waals surface area contributed by atoms with Gasteiger partial charge in [0.05, 0.1) is 6.61 Å². The molecular weight excluding hydrogens is 435 g/mol. The first-order valence-corrected chi connectivity index (χ1v) is 11.7. The number of ether oxygens (including phenoxy) is 1. The van der Waals surface area contributed by atoms with Gasteiger partial charge in [-0.05, 0) is 61.5 Å². The highest BCUT2D eigenvalue weighted by atomic mass is 32.2. The van der Waals surface area contributed by atoms with Crippen LogP contribution in [0.4, 0.5) is 10.1 Å². The molecule has 0 aliphatic heterocycles. The van der Waals surface area contributed by atoms with Crippen LogP contribution in [0.5, 0.6) is 5.75 Å². The summed E-state index contributed by atoms with van der Waals surface area (Å²) >= 11 is 0. The lowest BCUT2D eigenvalue weighted by atomic mass is 10.2. The van der Waals surface area contributed by atoms with Crippen LogP contribution in [0.25, 0.3) is 11.3 Å². The average Bonchev–Trinajstić information content (AvgIpc) is 3.26. The lowest BCUT2D eigenvalue weighted by Crippen LogP contribution is -2.31. The summed E-state index contributed by atoms with van der Waals surface area (Å²) < 4.78 is 51.7. The van der Waals surface area contributed by atoms with Crippen molar-refractivity contribution in [2.24, 2.45) is 0 Å². The highest BCUT2D eigenvalue weighted by molar-refractivity contribution is 7.89. The Morgan fingerprint density at radius 3 is 2.34 bits per heavy atom. The maximum atomic E-state index is 13.1. The minimum absolute atomic E-state index is 0.0210. The number of halogens is 1. The Morgan fingerprint density at radius 2 is 1.72 bits per heavy atom. The molecule has 0 saturated heterocycles. The first-order valence-electron chi connectivity index (χ1n) is 10.2. The predicted octanol–water partition coefficient (Wildman–Crippen LogP) is 4.77. The van der Waals surface area contributed by atoms with E-state index in [1.165, 1.54) is 34.6 Å². The molecule has 0 unspecified atom stereocenters. The third-order valence-corrected chi connectivity index (χ3v) is 6.85. The molecule has 0 aliphatic carbocycles. The molecule has 0 bridgehead atoms. The first-order chi connectivity index (χ1) is 15.3. The van der Waals surface area contributed by atoms with Gasteiger partial charge < -0.3 is 14.5 Å². The Labute approximate surface area is 186 Å². The molecule has 0 spiro atoms. The van der Waals surface area contributed by atoms with Crippen LogP contribution in [-0.4, -0.2) is 38.3 Å².